The normalized spacial score (nSPS) is 11.3. The first kappa shape index (κ1) is 15.0. The number of aryl methyl sites for hydroxylation is 1. The molecule has 0 aliphatic rings. The lowest BCUT2D eigenvalue weighted by Gasteiger charge is -2.22. The summed E-state index contributed by atoms with van der Waals surface area (Å²) in [5, 5.41) is 0. The fourth-order valence-electron chi connectivity index (χ4n) is 1.92. The maximum Gasteiger partial charge on any atom is 0.330 e. The van der Waals surface area contributed by atoms with Crippen LogP contribution in [0.4, 0.5) is 5.95 Å². The second-order valence-corrected chi connectivity index (χ2v) is 5.81. The number of hydrogen-bond acceptors (Lipinski definition) is 6. The third-order valence-corrected chi connectivity index (χ3v) is 2.94. The molecule has 0 amide bonds. The van der Waals surface area contributed by atoms with Crippen LogP contribution in [0.15, 0.2) is 18.2 Å². The average molecular weight is 288 g/mol. The maximum absolute atomic E-state index is 5.82. The van der Waals surface area contributed by atoms with E-state index in [1.165, 1.54) is 7.11 Å². The van der Waals surface area contributed by atoms with E-state index in [1.807, 2.05) is 19.1 Å². The SMILES string of the molecule is COc1nc(N)nc(Oc2cc(C)ccc2C(C)(C)C)n1. The van der Waals surface area contributed by atoms with Gasteiger partial charge in [-0.25, -0.2) is 0 Å². The number of hydrogen-bond donors (Lipinski definition) is 1. The van der Waals surface area contributed by atoms with Crippen LogP contribution >= 0.6 is 0 Å². The first-order valence-corrected chi connectivity index (χ1v) is 6.64. The Labute approximate surface area is 124 Å². The molecule has 0 spiro atoms. The molecule has 0 aliphatic heterocycles. The number of nitrogens with two attached hydrogens (primary N) is 1. The Kier molecular flexibility index (Phi) is 3.97. The zero-order valence-electron chi connectivity index (χ0n) is 13.0. The highest BCUT2D eigenvalue weighted by atomic mass is 16.5. The van der Waals surface area contributed by atoms with Crippen LogP contribution in [0.2, 0.25) is 0 Å². The molecule has 112 valence electrons. The summed E-state index contributed by atoms with van der Waals surface area (Å²) in [6.45, 7) is 8.36. The van der Waals surface area contributed by atoms with E-state index < -0.39 is 0 Å². The van der Waals surface area contributed by atoms with Crippen molar-refractivity contribution >= 4 is 5.95 Å². The van der Waals surface area contributed by atoms with Crippen LogP contribution < -0.4 is 15.2 Å². The third-order valence-electron chi connectivity index (χ3n) is 2.94. The van der Waals surface area contributed by atoms with Crippen molar-refractivity contribution in [3.63, 3.8) is 0 Å². The second kappa shape index (κ2) is 5.55. The van der Waals surface area contributed by atoms with Gasteiger partial charge in [0.2, 0.25) is 5.95 Å². The number of nitrogen functional groups attached to an aromatic ring is 1. The molecule has 21 heavy (non-hydrogen) atoms. The van der Waals surface area contributed by atoms with Crippen LogP contribution in [-0.2, 0) is 5.41 Å². The van der Waals surface area contributed by atoms with Gasteiger partial charge in [0.1, 0.15) is 5.75 Å². The van der Waals surface area contributed by atoms with Crippen molar-refractivity contribution in [2.75, 3.05) is 12.8 Å². The van der Waals surface area contributed by atoms with E-state index in [0.717, 1.165) is 11.1 Å². The lowest BCUT2D eigenvalue weighted by molar-refractivity contribution is 0.358. The molecule has 2 rings (SSSR count). The molecule has 6 heteroatoms. The fraction of sp³-hybridized carbons (Fsp3) is 0.400. The van der Waals surface area contributed by atoms with Gasteiger partial charge < -0.3 is 15.2 Å². The van der Waals surface area contributed by atoms with Gasteiger partial charge in [0.05, 0.1) is 7.11 Å². The second-order valence-electron chi connectivity index (χ2n) is 5.81. The van der Waals surface area contributed by atoms with Crippen molar-refractivity contribution in [3.05, 3.63) is 29.3 Å². The van der Waals surface area contributed by atoms with Gasteiger partial charge >= 0.3 is 12.0 Å². The smallest absolute Gasteiger partial charge is 0.330 e. The molecule has 2 N–H and O–H groups in total. The van der Waals surface area contributed by atoms with Gasteiger partial charge in [0.15, 0.2) is 0 Å². The molecule has 1 aromatic carbocycles. The van der Waals surface area contributed by atoms with E-state index in [9.17, 15) is 0 Å². The minimum Gasteiger partial charge on any atom is -0.467 e. The average Bonchev–Trinajstić information content (AvgIpc) is 2.36. The topological polar surface area (TPSA) is 83.2 Å². The molecular formula is C15H20N4O2. The number of benzene rings is 1. The number of nitrogens with zero attached hydrogens (tertiary/aromatic N) is 3. The Morgan fingerprint density at radius 1 is 1.05 bits per heavy atom. The molecule has 6 nitrogen and oxygen atoms in total. The predicted octanol–water partition coefficient (Wildman–Crippen LogP) is 2.86. The summed E-state index contributed by atoms with van der Waals surface area (Å²) in [5.41, 5.74) is 7.71. The number of ether oxygens (including phenoxy) is 2. The molecule has 0 bridgehead atoms. The van der Waals surface area contributed by atoms with Crippen LogP contribution in [-0.4, -0.2) is 22.1 Å². The van der Waals surface area contributed by atoms with Crippen LogP contribution in [0, 0.1) is 6.92 Å². The van der Waals surface area contributed by atoms with E-state index in [0.29, 0.717) is 5.75 Å². The third kappa shape index (κ3) is 3.59. The monoisotopic (exact) mass is 288 g/mol. The molecule has 0 saturated carbocycles. The minimum atomic E-state index is -0.0638. The molecular weight excluding hydrogens is 268 g/mol. The molecule has 0 radical (unpaired) electrons. The van der Waals surface area contributed by atoms with Crippen molar-refractivity contribution < 1.29 is 9.47 Å². The van der Waals surface area contributed by atoms with E-state index in [1.54, 1.807) is 0 Å². The van der Waals surface area contributed by atoms with Crippen LogP contribution in [0.1, 0.15) is 31.9 Å². The molecule has 1 aromatic heterocycles. The Bertz CT molecular complexity index is 651. The lowest BCUT2D eigenvalue weighted by atomic mass is 9.86. The molecule has 0 saturated heterocycles. The molecule has 1 heterocycles. The van der Waals surface area contributed by atoms with Gasteiger partial charge in [0, 0.05) is 5.56 Å². The summed E-state index contributed by atoms with van der Waals surface area (Å²) in [6, 6.07) is 6.30. The summed E-state index contributed by atoms with van der Waals surface area (Å²) < 4.78 is 10.8. The van der Waals surface area contributed by atoms with E-state index in [4.69, 9.17) is 15.2 Å². The Balaban J connectivity index is 2.44. The quantitative estimate of drug-likeness (QED) is 0.935. The highest BCUT2D eigenvalue weighted by molar-refractivity contribution is 5.42. The van der Waals surface area contributed by atoms with E-state index >= 15 is 0 Å². The summed E-state index contributed by atoms with van der Waals surface area (Å²) in [7, 11) is 1.46. The molecule has 0 unspecified atom stereocenters. The Morgan fingerprint density at radius 2 is 1.71 bits per heavy atom. The summed E-state index contributed by atoms with van der Waals surface area (Å²) in [6.07, 6.45) is 0. The highest BCUT2D eigenvalue weighted by Crippen LogP contribution is 2.34. The van der Waals surface area contributed by atoms with Gasteiger partial charge in [-0.1, -0.05) is 32.9 Å². The number of methoxy groups -OCH3 is 1. The standard InChI is InChI=1S/C15H20N4O2/c1-9-6-7-10(15(2,3)4)11(8-9)21-14-18-12(16)17-13(19-14)20-5/h6-8H,1-5H3,(H2,16,17,18,19). The Hall–Kier alpha value is -2.37. The van der Waals surface area contributed by atoms with Crippen molar-refractivity contribution in [1.29, 1.82) is 0 Å². The summed E-state index contributed by atoms with van der Waals surface area (Å²) in [4.78, 5) is 11.9. The van der Waals surface area contributed by atoms with E-state index in [2.05, 4.69) is 41.8 Å². The molecule has 0 atom stereocenters. The van der Waals surface area contributed by atoms with Gasteiger partial charge in [-0.05, 0) is 24.0 Å². The zero-order chi connectivity index (χ0) is 15.6. The first-order valence-electron chi connectivity index (χ1n) is 6.64. The van der Waals surface area contributed by atoms with E-state index in [-0.39, 0.29) is 23.4 Å². The van der Waals surface area contributed by atoms with Crippen LogP contribution in [0.3, 0.4) is 0 Å². The summed E-state index contributed by atoms with van der Waals surface area (Å²) >= 11 is 0. The largest absolute Gasteiger partial charge is 0.467 e. The van der Waals surface area contributed by atoms with Crippen LogP contribution in [0.25, 0.3) is 0 Å². The van der Waals surface area contributed by atoms with Crippen molar-refractivity contribution in [3.8, 4) is 17.8 Å². The number of aromatic nitrogens is 3. The van der Waals surface area contributed by atoms with Gasteiger partial charge in [-0.2, -0.15) is 9.97 Å². The predicted molar refractivity (Wildman–Crippen MR) is 80.7 cm³/mol. The highest BCUT2D eigenvalue weighted by Gasteiger charge is 2.20. The van der Waals surface area contributed by atoms with Gasteiger partial charge in [0.25, 0.3) is 0 Å². The number of anilines is 1. The molecule has 2 aromatic rings. The molecule has 0 aliphatic carbocycles. The summed E-state index contributed by atoms with van der Waals surface area (Å²) in [5.74, 6) is 0.761. The first-order chi connectivity index (χ1) is 9.79. The van der Waals surface area contributed by atoms with Gasteiger partial charge in [-0.3, -0.25) is 0 Å². The minimum absolute atomic E-state index is 0.0572. The molecule has 0 fully saturated rings. The van der Waals surface area contributed by atoms with Gasteiger partial charge in [-0.15, -0.1) is 4.98 Å². The zero-order valence-corrected chi connectivity index (χ0v) is 13.0. The van der Waals surface area contributed by atoms with Crippen molar-refractivity contribution in [2.45, 2.75) is 33.1 Å². The van der Waals surface area contributed by atoms with Crippen molar-refractivity contribution in [1.82, 2.24) is 15.0 Å². The van der Waals surface area contributed by atoms with Crippen LogP contribution in [0.5, 0.6) is 17.8 Å². The number of rotatable bonds is 3. The Morgan fingerprint density at radius 3 is 2.33 bits per heavy atom. The lowest BCUT2D eigenvalue weighted by Crippen LogP contribution is -2.13. The van der Waals surface area contributed by atoms with Crippen molar-refractivity contribution in [2.24, 2.45) is 0 Å². The fourth-order valence-corrected chi connectivity index (χ4v) is 1.92. The maximum atomic E-state index is 5.82.